The molecule has 98 valence electrons. The lowest BCUT2D eigenvalue weighted by Crippen LogP contribution is -2.19. The van der Waals surface area contributed by atoms with Crippen molar-refractivity contribution in [3.63, 3.8) is 0 Å². The first kappa shape index (κ1) is 14.5. The zero-order valence-corrected chi connectivity index (χ0v) is 12.1. The molecule has 3 nitrogen and oxygen atoms in total. The minimum absolute atomic E-state index is 0.631. The van der Waals surface area contributed by atoms with Crippen LogP contribution in [-0.4, -0.2) is 22.9 Å². The van der Waals surface area contributed by atoms with Crippen LogP contribution in [0, 0.1) is 12.8 Å². The summed E-state index contributed by atoms with van der Waals surface area (Å²) < 4.78 is 1.91. The fraction of sp³-hybridized carbons (Fsp3) is 0.769. The van der Waals surface area contributed by atoms with Crippen molar-refractivity contribution in [1.29, 1.82) is 0 Å². The molecule has 1 aromatic rings. The minimum Gasteiger partial charge on any atom is -0.317 e. The van der Waals surface area contributed by atoms with Crippen molar-refractivity contribution in [2.24, 2.45) is 13.0 Å². The van der Waals surface area contributed by atoms with E-state index in [0.29, 0.717) is 5.92 Å². The van der Waals surface area contributed by atoms with Gasteiger partial charge in [0, 0.05) is 7.05 Å². The summed E-state index contributed by atoms with van der Waals surface area (Å²) in [4.78, 5) is 0. The lowest BCUT2D eigenvalue weighted by Gasteiger charge is -2.12. The number of aromatic nitrogens is 2. The van der Waals surface area contributed by atoms with Gasteiger partial charge < -0.3 is 5.32 Å². The molecule has 0 amide bonds. The number of halogens is 1. The second kappa shape index (κ2) is 7.02. The smallest absolute Gasteiger partial charge is 0.0847 e. The van der Waals surface area contributed by atoms with E-state index in [0.717, 1.165) is 35.9 Å². The molecule has 0 radical (unpaired) electrons. The van der Waals surface area contributed by atoms with E-state index in [1.54, 1.807) is 0 Å². The van der Waals surface area contributed by atoms with Gasteiger partial charge in [0.25, 0.3) is 0 Å². The van der Waals surface area contributed by atoms with Gasteiger partial charge in [-0.1, -0.05) is 25.4 Å². The van der Waals surface area contributed by atoms with Crippen molar-refractivity contribution < 1.29 is 0 Å². The summed E-state index contributed by atoms with van der Waals surface area (Å²) in [6, 6.07) is 0. The maximum absolute atomic E-state index is 6.24. The molecule has 0 bridgehead atoms. The van der Waals surface area contributed by atoms with E-state index < -0.39 is 0 Å². The molecule has 0 saturated carbocycles. The number of nitrogens with zero attached hydrogens (tertiary/aromatic N) is 2. The molecule has 0 spiro atoms. The molecule has 0 fully saturated rings. The Morgan fingerprint density at radius 2 is 2.12 bits per heavy atom. The Hall–Kier alpha value is -0.540. The van der Waals surface area contributed by atoms with Crippen LogP contribution < -0.4 is 5.32 Å². The highest BCUT2D eigenvalue weighted by Crippen LogP contribution is 2.22. The third-order valence-corrected chi connectivity index (χ3v) is 3.54. The third kappa shape index (κ3) is 4.32. The molecule has 0 aliphatic heterocycles. The van der Waals surface area contributed by atoms with Gasteiger partial charge in [0.05, 0.1) is 16.4 Å². The Morgan fingerprint density at radius 3 is 2.65 bits per heavy atom. The van der Waals surface area contributed by atoms with E-state index in [4.69, 9.17) is 11.6 Å². The Balaban J connectivity index is 2.42. The summed E-state index contributed by atoms with van der Waals surface area (Å²) >= 11 is 6.24. The van der Waals surface area contributed by atoms with Gasteiger partial charge in [0.2, 0.25) is 0 Å². The summed E-state index contributed by atoms with van der Waals surface area (Å²) in [7, 11) is 1.97. The van der Waals surface area contributed by atoms with Gasteiger partial charge in [-0.3, -0.25) is 4.68 Å². The molecule has 0 saturated heterocycles. The predicted octanol–water partition coefficient (Wildman–Crippen LogP) is 2.95. The topological polar surface area (TPSA) is 29.9 Å². The average Bonchev–Trinajstić information content (AvgIpc) is 2.52. The second-order valence-electron chi connectivity index (χ2n) is 4.82. The van der Waals surface area contributed by atoms with Crippen molar-refractivity contribution in [3.05, 3.63) is 16.4 Å². The van der Waals surface area contributed by atoms with Crippen molar-refractivity contribution in [2.75, 3.05) is 13.1 Å². The first-order valence-corrected chi connectivity index (χ1v) is 6.82. The molecule has 0 aliphatic carbocycles. The van der Waals surface area contributed by atoms with E-state index in [2.05, 4.69) is 24.3 Å². The zero-order chi connectivity index (χ0) is 12.8. The normalized spacial score (nSPS) is 13.0. The molecule has 0 aliphatic rings. The van der Waals surface area contributed by atoms with E-state index in [1.165, 1.54) is 12.8 Å². The standard InChI is InChI=1S/C13H24ClN3/c1-5-7-15-8-6-10(2)9-12-13(14)11(3)16-17(12)4/h10,15H,5-9H2,1-4H3. The molecular formula is C13H24ClN3. The van der Waals surface area contributed by atoms with E-state index in [-0.39, 0.29) is 0 Å². The lowest BCUT2D eigenvalue weighted by molar-refractivity contribution is 0.484. The summed E-state index contributed by atoms with van der Waals surface area (Å²) in [6.45, 7) is 8.61. The molecule has 1 N–H and O–H groups in total. The fourth-order valence-corrected chi connectivity index (χ4v) is 2.22. The molecule has 1 unspecified atom stereocenters. The first-order chi connectivity index (χ1) is 8.06. The van der Waals surface area contributed by atoms with Crippen LogP contribution in [0.15, 0.2) is 0 Å². The fourth-order valence-electron chi connectivity index (χ4n) is 1.98. The summed E-state index contributed by atoms with van der Waals surface area (Å²) in [5, 5.41) is 8.61. The van der Waals surface area contributed by atoms with Crippen molar-refractivity contribution >= 4 is 11.6 Å². The van der Waals surface area contributed by atoms with Gasteiger partial charge >= 0.3 is 0 Å². The van der Waals surface area contributed by atoms with Crippen LogP contribution in [0.25, 0.3) is 0 Å². The molecule has 1 aromatic heterocycles. The monoisotopic (exact) mass is 257 g/mol. The molecule has 0 aromatic carbocycles. The summed E-state index contributed by atoms with van der Waals surface area (Å²) in [5.41, 5.74) is 2.09. The lowest BCUT2D eigenvalue weighted by atomic mass is 10.0. The Bertz CT molecular complexity index is 347. The predicted molar refractivity (Wildman–Crippen MR) is 73.6 cm³/mol. The van der Waals surface area contributed by atoms with Gasteiger partial charge in [-0.2, -0.15) is 5.10 Å². The van der Waals surface area contributed by atoms with Crippen molar-refractivity contribution in [2.45, 2.75) is 40.0 Å². The van der Waals surface area contributed by atoms with Crippen molar-refractivity contribution in [1.82, 2.24) is 15.1 Å². The number of nitrogens with one attached hydrogen (secondary N) is 1. The van der Waals surface area contributed by atoms with E-state index in [1.807, 2.05) is 18.7 Å². The largest absolute Gasteiger partial charge is 0.317 e. The molecular weight excluding hydrogens is 234 g/mol. The van der Waals surface area contributed by atoms with Crippen LogP contribution in [0.4, 0.5) is 0 Å². The molecule has 1 heterocycles. The number of hydrogen-bond donors (Lipinski definition) is 1. The first-order valence-electron chi connectivity index (χ1n) is 6.45. The molecule has 4 heteroatoms. The van der Waals surface area contributed by atoms with Crippen LogP contribution >= 0.6 is 11.6 Å². The van der Waals surface area contributed by atoms with Crippen LogP contribution in [0.5, 0.6) is 0 Å². The van der Waals surface area contributed by atoms with Gasteiger partial charge in [-0.05, 0) is 45.2 Å². The minimum atomic E-state index is 0.631. The Morgan fingerprint density at radius 1 is 1.41 bits per heavy atom. The molecule has 1 atom stereocenters. The molecule has 1 rings (SSSR count). The van der Waals surface area contributed by atoms with Gasteiger partial charge in [0.15, 0.2) is 0 Å². The van der Waals surface area contributed by atoms with Crippen LogP contribution in [0.1, 0.15) is 38.1 Å². The SMILES string of the molecule is CCCNCCC(C)Cc1c(Cl)c(C)nn1C. The summed E-state index contributed by atoms with van der Waals surface area (Å²) in [5.74, 6) is 0.631. The highest BCUT2D eigenvalue weighted by atomic mass is 35.5. The Labute approximate surface area is 110 Å². The summed E-state index contributed by atoms with van der Waals surface area (Å²) in [6.07, 6.45) is 3.38. The average molecular weight is 258 g/mol. The highest BCUT2D eigenvalue weighted by molar-refractivity contribution is 6.31. The van der Waals surface area contributed by atoms with Crippen molar-refractivity contribution in [3.8, 4) is 0 Å². The quantitative estimate of drug-likeness (QED) is 0.762. The zero-order valence-electron chi connectivity index (χ0n) is 11.4. The Kier molecular flexibility index (Phi) is 6.00. The maximum atomic E-state index is 6.24. The highest BCUT2D eigenvalue weighted by Gasteiger charge is 2.13. The van der Waals surface area contributed by atoms with E-state index >= 15 is 0 Å². The van der Waals surface area contributed by atoms with Gasteiger partial charge in [-0.25, -0.2) is 0 Å². The third-order valence-electron chi connectivity index (χ3n) is 3.04. The van der Waals surface area contributed by atoms with E-state index in [9.17, 15) is 0 Å². The van der Waals surface area contributed by atoms with Crippen LogP contribution in [0.2, 0.25) is 5.02 Å². The van der Waals surface area contributed by atoms with Crippen LogP contribution in [0.3, 0.4) is 0 Å². The van der Waals surface area contributed by atoms with Gasteiger partial charge in [0.1, 0.15) is 0 Å². The number of hydrogen-bond acceptors (Lipinski definition) is 2. The second-order valence-corrected chi connectivity index (χ2v) is 5.20. The number of aryl methyl sites for hydroxylation is 2. The maximum Gasteiger partial charge on any atom is 0.0847 e. The number of rotatable bonds is 7. The van der Waals surface area contributed by atoms with Crippen LogP contribution in [-0.2, 0) is 13.5 Å². The molecule has 17 heavy (non-hydrogen) atoms. The van der Waals surface area contributed by atoms with Gasteiger partial charge in [-0.15, -0.1) is 0 Å².